The van der Waals surface area contributed by atoms with Gasteiger partial charge in [0.2, 0.25) is 11.5 Å². The van der Waals surface area contributed by atoms with Crippen molar-refractivity contribution in [1.82, 2.24) is 0 Å². The van der Waals surface area contributed by atoms with E-state index in [1.165, 1.54) is 6.07 Å². The van der Waals surface area contributed by atoms with Gasteiger partial charge in [-0.1, -0.05) is 6.07 Å². The van der Waals surface area contributed by atoms with Crippen LogP contribution in [0.5, 0.6) is 11.5 Å². The summed E-state index contributed by atoms with van der Waals surface area (Å²) in [4.78, 5) is 9.57. The van der Waals surface area contributed by atoms with Gasteiger partial charge in [0, 0.05) is 0 Å². The van der Waals surface area contributed by atoms with Crippen molar-refractivity contribution < 1.29 is 27.6 Å². The molecular formula is C8H6F3NO4. The number of nitrogens with zero attached hydrogens (tertiary/aromatic N) is 1. The van der Waals surface area contributed by atoms with E-state index in [0.717, 1.165) is 19.2 Å². The monoisotopic (exact) mass is 237 g/mol. The summed E-state index contributed by atoms with van der Waals surface area (Å²) in [7, 11) is 1.11. The minimum Gasteiger partial charge on any atom is -0.490 e. The van der Waals surface area contributed by atoms with Crippen LogP contribution in [0, 0.1) is 10.1 Å². The molecule has 0 unspecified atom stereocenters. The van der Waals surface area contributed by atoms with Crippen LogP contribution in [-0.4, -0.2) is 18.4 Å². The topological polar surface area (TPSA) is 61.6 Å². The van der Waals surface area contributed by atoms with Crippen molar-refractivity contribution in [3.63, 3.8) is 0 Å². The number of hydrogen-bond acceptors (Lipinski definition) is 4. The van der Waals surface area contributed by atoms with E-state index < -0.39 is 22.7 Å². The van der Waals surface area contributed by atoms with Crippen LogP contribution in [0.1, 0.15) is 0 Å². The first-order valence-corrected chi connectivity index (χ1v) is 3.92. The Balaban J connectivity index is 3.22. The van der Waals surface area contributed by atoms with Crippen LogP contribution < -0.4 is 9.47 Å². The first kappa shape index (κ1) is 12.1. The number of halogens is 3. The van der Waals surface area contributed by atoms with E-state index in [9.17, 15) is 23.3 Å². The molecule has 0 saturated carbocycles. The third kappa shape index (κ3) is 2.75. The fraction of sp³-hybridized carbons (Fsp3) is 0.250. The Labute approximate surface area is 87.5 Å². The number of methoxy groups -OCH3 is 1. The van der Waals surface area contributed by atoms with Crippen molar-refractivity contribution in [3.05, 3.63) is 28.3 Å². The lowest BCUT2D eigenvalue weighted by Gasteiger charge is -2.10. The van der Waals surface area contributed by atoms with Crippen LogP contribution in [0.2, 0.25) is 0 Å². The van der Waals surface area contributed by atoms with Gasteiger partial charge in [-0.05, 0) is 12.1 Å². The molecule has 0 N–H and O–H groups in total. The van der Waals surface area contributed by atoms with Gasteiger partial charge in [-0.3, -0.25) is 10.1 Å². The Morgan fingerprint density at radius 1 is 1.31 bits per heavy atom. The largest absolute Gasteiger partial charge is 0.573 e. The molecule has 0 heterocycles. The van der Waals surface area contributed by atoms with E-state index in [-0.39, 0.29) is 5.75 Å². The summed E-state index contributed by atoms with van der Waals surface area (Å²) in [6.45, 7) is 0. The Bertz CT molecular complexity index is 405. The van der Waals surface area contributed by atoms with E-state index in [1.807, 2.05) is 0 Å². The van der Waals surface area contributed by atoms with Crippen molar-refractivity contribution >= 4 is 5.69 Å². The smallest absolute Gasteiger partial charge is 0.490 e. The van der Waals surface area contributed by atoms with E-state index >= 15 is 0 Å². The lowest BCUT2D eigenvalue weighted by molar-refractivity contribution is -0.389. The molecule has 1 aromatic rings. The van der Waals surface area contributed by atoms with Gasteiger partial charge in [-0.25, -0.2) is 0 Å². The van der Waals surface area contributed by atoms with Crippen molar-refractivity contribution in [2.75, 3.05) is 7.11 Å². The number of hydrogen-bond donors (Lipinski definition) is 0. The van der Waals surface area contributed by atoms with Gasteiger partial charge in [0.1, 0.15) is 0 Å². The Hall–Kier alpha value is -1.99. The van der Waals surface area contributed by atoms with Crippen LogP contribution in [-0.2, 0) is 0 Å². The number of alkyl halides is 3. The van der Waals surface area contributed by atoms with E-state index in [4.69, 9.17) is 0 Å². The summed E-state index contributed by atoms with van der Waals surface area (Å²) in [5, 5.41) is 10.6. The molecule has 0 fully saturated rings. The highest BCUT2D eigenvalue weighted by Crippen LogP contribution is 2.38. The summed E-state index contributed by atoms with van der Waals surface area (Å²) >= 11 is 0. The van der Waals surface area contributed by atoms with Gasteiger partial charge in [0.15, 0.2) is 0 Å². The number of benzene rings is 1. The van der Waals surface area contributed by atoms with E-state index in [0.29, 0.717) is 0 Å². The molecule has 0 saturated heterocycles. The second-order valence-corrected chi connectivity index (χ2v) is 2.61. The van der Waals surface area contributed by atoms with Gasteiger partial charge >= 0.3 is 12.0 Å². The molecule has 16 heavy (non-hydrogen) atoms. The third-order valence-corrected chi connectivity index (χ3v) is 1.59. The molecule has 0 aliphatic carbocycles. The molecule has 0 radical (unpaired) electrons. The highest BCUT2D eigenvalue weighted by Gasteiger charge is 2.35. The van der Waals surface area contributed by atoms with Gasteiger partial charge in [-0.15, -0.1) is 13.2 Å². The second-order valence-electron chi connectivity index (χ2n) is 2.61. The highest BCUT2D eigenvalue weighted by atomic mass is 19.4. The van der Waals surface area contributed by atoms with Crippen molar-refractivity contribution in [2.45, 2.75) is 6.36 Å². The molecule has 1 rings (SSSR count). The molecule has 0 spiro atoms. The molecule has 0 aliphatic heterocycles. The van der Waals surface area contributed by atoms with Crippen LogP contribution >= 0.6 is 0 Å². The maximum Gasteiger partial charge on any atom is 0.573 e. The minimum atomic E-state index is -4.99. The zero-order valence-corrected chi connectivity index (χ0v) is 7.95. The summed E-state index contributed by atoms with van der Waals surface area (Å²) < 4.78 is 43.9. The number of para-hydroxylation sites is 1. The zero-order valence-electron chi connectivity index (χ0n) is 7.95. The molecular weight excluding hydrogens is 231 g/mol. The first-order valence-electron chi connectivity index (χ1n) is 3.92. The molecule has 1 aromatic carbocycles. The molecule has 8 heteroatoms. The first-order chi connectivity index (χ1) is 7.35. The average Bonchev–Trinajstić information content (AvgIpc) is 2.14. The van der Waals surface area contributed by atoms with Crippen LogP contribution in [0.3, 0.4) is 0 Å². The SMILES string of the molecule is COc1cccc(OC(F)(F)F)c1[N+](=O)[O-]. The molecule has 0 bridgehead atoms. The number of ether oxygens (including phenoxy) is 2. The van der Waals surface area contributed by atoms with Crippen molar-refractivity contribution in [2.24, 2.45) is 0 Å². The van der Waals surface area contributed by atoms with E-state index in [1.54, 1.807) is 0 Å². The lowest BCUT2D eigenvalue weighted by Crippen LogP contribution is -2.18. The maximum absolute atomic E-state index is 11.9. The fourth-order valence-electron chi connectivity index (χ4n) is 1.05. The van der Waals surface area contributed by atoms with Gasteiger partial charge in [0.05, 0.1) is 12.0 Å². The minimum absolute atomic E-state index is 0.299. The molecule has 0 aliphatic rings. The van der Waals surface area contributed by atoms with Crippen LogP contribution in [0.25, 0.3) is 0 Å². The van der Waals surface area contributed by atoms with Crippen molar-refractivity contribution in [3.8, 4) is 11.5 Å². The highest BCUT2D eigenvalue weighted by molar-refractivity contribution is 5.57. The maximum atomic E-state index is 11.9. The quantitative estimate of drug-likeness (QED) is 0.598. The molecule has 88 valence electrons. The summed E-state index contributed by atoms with van der Waals surface area (Å²) in [5.41, 5.74) is -0.859. The molecule has 0 aromatic heterocycles. The predicted molar refractivity (Wildman–Crippen MR) is 46.3 cm³/mol. The average molecular weight is 237 g/mol. The second kappa shape index (κ2) is 4.25. The summed E-state index contributed by atoms with van der Waals surface area (Å²) in [6, 6.07) is 3.17. The van der Waals surface area contributed by atoms with Gasteiger partial charge < -0.3 is 9.47 Å². The number of nitro benzene ring substituents is 1. The van der Waals surface area contributed by atoms with Gasteiger partial charge in [-0.2, -0.15) is 0 Å². The molecule has 0 atom stereocenters. The number of nitro groups is 1. The normalized spacial score (nSPS) is 11.0. The van der Waals surface area contributed by atoms with Crippen molar-refractivity contribution in [1.29, 1.82) is 0 Å². The Morgan fingerprint density at radius 2 is 1.88 bits per heavy atom. The fourth-order valence-corrected chi connectivity index (χ4v) is 1.05. The summed E-state index contributed by atoms with van der Waals surface area (Å²) in [5.74, 6) is -1.20. The van der Waals surface area contributed by atoms with Gasteiger partial charge in [0.25, 0.3) is 0 Å². The third-order valence-electron chi connectivity index (χ3n) is 1.59. The summed E-state index contributed by atoms with van der Waals surface area (Å²) in [6.07, 6.45) is -4.99. The standard InChI is InChI=1S/C8H6F3NO4/c1-15-5-3-2-4-6(7(5)12(13)14)16-8(9,10)11/h2-4H,1H3. The van der Waals surface area contributed by atoms with E-state index in [2.05, 4.69) is 9.47 Å². The molecule has 0 amide bonds. The molecule has 5 nitrogen and oxygen atoms in total. The lowest BCUT2D eigenvalue weighted by atomic mass is 10.3. The van der Waals surface area contributed by atoms with Crippen LogP contribution in [0.4, 0.5) is 18.9 Å². The predicted octanol–water partition coefficient (Wildman–Crippen LogP) is 2.50. The Kier molecular flexibility index (Phi) is 3.21. The zero-order chi connectivity index (χ0) is 12.3. The Morgan fingerprint density at radius 3 is 2.31 bits per heavy atom. The number of rotatable bonds is 3. The van der Waals surface area contributed by atoms with Crippen LogP contribution in [0.15, 0.2) is 18.2 Å².